The van der Waals surface area contributed by atoms with E-state index in [-0.39, 0.29) is 18.9 Å². The zero-order valence-electron chi connectivity index (χ0n) is 16.4. The number of hydrogen-bond acceptors (Lipinski definition) is 7. The lowest BCUT2D eigenvalue weighted by Crippen LogP contribution is -2.35. The van der Waals surface area contributed by atoms with Gasteiger partial charge in [-0.1, -0.05) is 12.1 Å². The molecule has 1 N–H and O–H groups in total. The largest absolute Gasteiger partial charge is 0.497 e. The minimum Gasteiger partial charge on any atom is -0.497 e. The van der Waals surface area contributed by atoms with Gasteiger partial charge in [-0.2, -0.15) is 0 Å². The Bertz CT molecular complexity index is 943. The lowest BCUT2D eigenvalue weighted by molar-refractivity contribution is -0.121. The van der Waals surface area contributed by atoms with Crippen molar-refractivity contribution in [2.45, 2.75) is 19.4 Å². The van der Waals surface area contributed by atoms with Gasteiger partial charge in [0.15, 0.2) is 0 Å². The number of ether oxygens (including phenoxy) is 3. The molecular weight excluding hydrogens is 376 g/mol. The summed E-state index contributed by atoms with van der Waals surface area (Å²) in [6, 6.07) is 10.7. The highest BCUT2D eigenvalue weighted by atomic mass is 16.5. The third kappa shape index (κ3) is 4.01. The topological polar surface area (TPSA) is 94.2 Å². The summed E-state index contributed by atoms with van der Waals surface area (Å²) in [5.41, 5.74) is 1.07. The SMILES string of the molecule is CCOC(=O)c1ccccc1N[C@H]1CC(=O)N(c2ccc(OC)cc2OC)C1=O. The average molecular weight is 398 g/mol. The van der Waals surface area contributed by atoms with Gasteiger partial charge in [-0.05, 0) is 31.2 Å². The van der Waals surface area contributed by atoms with E-state index >= 15 is 0 Å². The Morgan fingerprint density at radius 1 is 1.14 bits per heavy atom. The van der Waals surface area contributed by atoms with Crippen molar-refractivity contribution in [3.63, 3.8) is 0 Å². The van der Waals surface area contributed by atoms with Gasteiger partial charge >= 0.3 is 5.97 Å². The van der Waals surface area contributed by atoms with E-state index in [1.807, 2.05) is 0 Å². The first kappa shape index (κ1) is 20.2. The van der Waals surface area contributed by atoms with Gasteiger partial charge in [0, 0.05) is 11.8 Å². The summed E-state index contributed by atoms with van der Waals surface area (Å²) < 4.78 is 15.5. The summed E-state index contributed by atoms with van der Waals surface area (Å²) in [6.07, 6.45) is -0.0504. The average Bonchev–Trinajstić information content (AvgIpc) is 3.01. The van der Waals surface area contributed by atoms with Gasteiger partial charge < -0.3 is 19.5 Å². The van der Waals surface area contributed by atoms with E-state index in [4.69, 9.17) is 14.2 Å². The van der Waals surface area contributed by atoms with Crippen LogP contribution in [-0.2, 0) is 14.3 Å². The smallest absolute Gasteiger partial charge is 0.340 e. The number of carbonyl (C=O) groups is 3. The molecule has 3 rings (SSSR count). The molecule has 1 saturated heterocycles. The Balaban J connectivity index is 1.87. The van der Waals surface area contributed by atoms with Crippen LogP contribution >= 0.6 is 0 Å². The predicted molar refractivity (Wildman–Crippen MR) is 106 cm³/mol. The summed E-state index contributed by atoms with van der Waals surface area (Å²) in [6.45, 7) is 1.95. The first-order valence-corrected chi connectivity index (χ1v) is 9.11. The normalized spacial score (nSPS) is 16.0. The second-order valence-electron chi connectivity index (χ2n) is 6.27. The molecule has 2 aromatic carbocycles. The fraction of sp³-hybridized carbons (Fsp3) is 0.286. The number of methoxy groups -OCH3 is 2. The van der Waals surface area contributed by atoms with Gasteiger partial charge in [-0.25, -0.2) is 9.69 Å². The monoisotopic (exact) mass is 398 g/mol. The molecule has 2 aromatic rings. The fourth-order valence-corrected chi connectivity index (χ4v) is 3.15. The van der Waals surface area contributed by atoms with Crippen LogP contribution in [0.5, 0.6) is 11.5 Å². The van der Waals surface area contributed by atoms with Crippen LogP contribution in [0.15, 0.2) is 42.5 Å². The molecule has 1 fully saturated rings. The molecule has 1 aliphatic rings. The second kappa shape index (κ2) is 8.64. The standard InChI is InChI=1S/C21H22N2O6/c1-4-29-21(26)14-7-5-6-8-15(14)22-16-12-19(24)23(20(16)25)17-10-9-13(27-2)11-18(17)28-3/h5-11,16,22H,4,12H2,1-3H3/t16-/m0/s1. The number of para-hydroxylation sites is 1. The fourth-order valence-electron chi connectivity index (χ4n) is 3.15. The molecule has 0 unspecified atom stereocenters. The molecule has 1 heterocycles. The highest BCUT2D eigenvalue weighted by Gasteiger charge is 2.41. The zero-order chi connectivity index (χ0) is 21.0. The number of anilines is 2. The van der Waals surface area contributed by atoms with Crippen molar-refractivity contribution < 1.29 is 28.6 Å². The Morgan fingerprint density at radius 2 is 1.90 bits per heavy atom. The molecule has 0 aromatic heterocycles. The number of benzene rings is 2. The van der Waals surface area contributed by atoms with E-state index in [2.05, 4.69) is 5.32 Å². The van der Waals surface area contributed by atoms with E-state index in [1.54, 1.807) is 49.4 Å². The van der Waals surface area contributed by atoms with E-state index < -0.39 is 17.9 Å². The van der Waals surface area contributed by atoms with Gasteiger partial charge in [0.2, 0.25) is 5.91 Å². The molecule has 152 valence electrons. The highest BCUT2D eigenvalue weighted by molar-refractivity contribution is 6.24. The highest BCUT2D eigenvalue weighted by Crippen LogP contribution is 2.35. The van der Waals surface area contributed by atoms with Gasteiger partial charge in [0.25, 0.3) is 5.91 Å². The zero-order valence-corrected chi connectivity index (χ0v) is 16.4. The molecule has 8 nitrogen and oxygen atoms in total. The first-order chi connectivity index (χ1) is 14.0. The van der Waals surface area contributed by atoms with Crippen molar-refractivity contribution >= 4 is 29.2 Å². The summed E-state index contributed by atoms with van der Waals surface area (Å²) in [4.78, 5) is 38.9. The van der Waals surface area contributed by atoms with E-state index in [0.29, 0.717) is 28.4 Å². The van der Waals surface area contributed by atoms with Crippen molar-refractivity contribution in [2.24, 2.45) is 0 Å². The third-order valence-electron chi connectivity index (χ3n) is 4.53. The van der Waals surface area contributed by atoms with Gasteiger partial charge in [-0.15, -0.1) is 0 Å². The van der Waals surface area contributed by atoms with Gasteiger partial charge in [0.1, 0.15) is 17.5 Å². The van der Waals surface area contributed by atoms with Crippen molar-refractivity contribution in [2.75, 3.05) is 31.0 Å². The Kier molecular flexibility index (Phi) is 6.01. The van der Waals surface area contributed by atoms with E-state index in [0.717, 1.165) is 4.90 Å². The number of nitrogens with one attached hydrogen (secondary N) is 1. The predicted octanol–water partition coefficient (Wildman–Crippen LogP) is 2.62. The molecular formula is C21H22N2O6. The maximum absolute atomic E-state index is 13.0. The lowest BCUT2D eigenvalue weighted by atomic mass is 10.1. The molecule has 0 aliphatic carbocycles. The molecule has 29 heavy (non-hydrogen) atoms. The van der Waals surface area contributed by atoms with E-state index in [1.165, 1.54) is 14.2 Å². The van der Waals surface area contributed by atoms with Gasteiger partial charge in [0.05, 0.1) is 38.5 Å². The number of nitrogens with zero attached hydrogens (tertiary/aromatic N) is 1. The van der Waals surface area contributed by atoms with Crippen LogP contribution < -0.4 is 19.7 Å². The second-order valence-corrected chi connectivity index (χ2v) is 6.27. The summed E-state index contributed by atoms with van der Waals surface area (Å²) >= 11 is 0. The Labute approximate surface area is 168 Å². The summed E-state index contributed by atoms with van der Waals surface area (Å²) in [7, 11) is 2.97. The van der Waals surface area contributed by atoms with Crippen LogP contribution in [0, 0.1) is 0 Å². The molecule has 0 bridgehead atoms. The van der Waals surface area contributed by atoms with Gasteiger partial charge in [-0.3, -0.25) is 9.59 Å². The molecule has 0 saturated carbocycles. The maximum atomic E-state index is 13.0. The molecule has 0 radical (unpaired) electrons. The van der Waals surface area contributed by atoms with Crippen LogP contribution in [0.2, 0.25) is 0 Å². The number of amides is 2. The molecule has 2 amide bonds. The summed E-state index contributed by atoms with van der Waals surface area (Å²) in [5.74, 6) is -0.413. The summed E-state index contributed by atoms with van der Waals surface area (Å²) in [5, 5.41) is 3.01. The minimum absolute atomic E-state index is 0.0504. The van der Waals surface area contributed by atoms with Crippen LogP contribution in [0.1, 0.15) is 23.7 Å². The number of esters is 1. The van der Waals surface area contributed by atoms with Crippen molar-refractivity contribution in [1.29, 1.82) is 0 Å². The number of rotatable bonds is 7. The quantitative estimate of drug-likeness (QED) is 0.566. The van der Waals surface area contributed by atoms with Crippen LogP contribution in [0.25, 0.3) is 0 Å². The first-order valence-electron chi connectivity index (χ1n) is 9.11. The Morgan fingerprint density at radius 3 is 2.59 bits per heavy atom. The molecule has 0 spiro atoms. The van der Waals surface area contributed by atoms with Crippen LogP contribution in [0.3, 0.4) is 0 Å². The van der Waals surface area contributed by atoms with Crippen LogP contribution in [0.4, 0.5) is 11.4 Å². The van der Waals surface area contributed by atoms with Crippen molar-refractivity contribution in [3.8, 4) is 11.5 Å². The Hall–Kier alpha value is -3.55. The lowest BCUT2D eigenvalue weighted by Gasteiger charge is -2.19. The van der Waals surface area contributed by atoms with E-state index in [9.17, 15) is 14.4 Å². The molecule has 1 atom stereocenters. The number of imide groups is 1. The molecule has 8 heteroatoms. The molecule has 1 aliphatic heterocycles. The third-order valence-corrected chi connectivity index (χ3v) is 4.53. The van der Waals surface area contributed by atoms with Crippen LogP contribution in [-0.4, -0.2) is 44.7 Å². The van der Waals surface area contributed by atoms with Crippen molar-refractivity contribution in [1.82, 2.24) is 0 Å². The minimum atomic E-state index is -0.815. The van der Waals surface area contributed by atoms with Crippen molar-refractivity contribution in [3.05, 3.63) is 48.0 Å². The number of hydrogen-bond donors (Lipinski definition) is 1. The number of carbonyl (C=O) groups excluding carboxylic acids is 3. The maximum Gasteiger partial charge on any atom is 0.340 e.